The van der Waals surface area contributed by atoms with Crippen LogP contribution < -0.4 is 10.2 Å². The molecule has 2 aliphatic rings. The van der Waals surface area contributed by atoms with E-state index in [1.165, 1.54) is 0 Å². The molecule has 30 heavy (non-hydrogen) atoms. The maximum atomic E-state index is 13.4. The van der Waals surface area contributed by atoms with Crippen molar-refractivity contribution in [2.45, 2.75) is 38.6 Å². The Kier molecular flexibility index (Phi) is 4.90. The van der Waals surface area contributed by atoms with Crippen molar-refractivity contribution in [1.82, 2.24) is 14.8 Å². The minimum absolute atomic E-state index is 0.117. The first kappa shape index (κ1) is 19.1. The first-order valence-electron chi connectivity index (χ1n) is 10.7. The zero-order valence-electron chi connectivity index (χ0n) is 17.5. The average molecular weight is 406 g/mol. The third-order valence-electron chi connectivity index (χ3n) is 5.82. The zero-order chi connectivity index (χ0) is 20.7. The normalized spacial score (nSPS) is 17.0. The molecule has 1 aromatic carbocycles. The Hall–Kier alpha value is -2.93. The summed E-state index contributed by atoms with van der Waals surface area (Å²) in [7, 11) is 0. The second-order valence-corrected chi connectivity index (χ2v) is 8.36. The molecule has 0 unspecified atom stereocenters. The van der Waals surface area contributed by atoms with E-state index in [0.29, 0.717) is 24.7 Å². The highest BCUT2D eigenvalue weighted by Gasteiger charge is 2.28. The van der Waals surface area contributed by atoms with Crippen LogP contribution in [0.1, 0.15) is 54.7 Å². The molecule has 0 bridgehead atoms. The van der Waals surface area contributed by atoms with Gasteiger partial charge in [0, 0.05) is 30.7 Å². The van der Waals surface area contributed by atoms with E-state index in [1.54, 1.807) is 6.20 Å². The van der Waals surface area contributed by atoms with E-state index in [9.17, 15) is 4.79 Å². The van der Waals surface area contributed by atoms with Crippen molar-refractivity contribution in [2.24, 2.45) is 0 Å². The van der Waals surface area contributed by atoms with Gasteiger partial charge < -0.3 is 15.0 Å². The van der Waals surface area contributed by atoms with E-state index in [1.807, 2.05) is 28.9 Å². The second kappa shape index (κ2) is 7.72. The largest absolute Gasteiger partial charge is 0.378 e. The van der Waals surface area contributed by atoms with Crippen molar-refractivity contribution >= 4 is 28.3 Å². The molecular formula is C23H27N5O2. The second-order valence-electron chi connectivity index (χ2n) is 8.36. The van der Waals surface area contributed by atoms with Gasteiger partial charge in [0.05, 0.1) is 41.7 Å². The van der Waals surface area contributed by atoms with Crippen LogP contribution in [0.3, 0.4) is 0 Å². The van der Waals surface area contributed by atoms with E-state index in [2.05, 4.69) is 35.2 Å². The third kappa shape index (κ3) is 3.54. The van der Waals surface area contributed by atoms with Gasteiger partial charge in [0.15, 0.2) is 5.65 Å². The maximum absolute atomic E-state index is 13.4. The van der Waals surface area contributed by atoms with Crippen LogP contribution in [0, 0.1) is 0 Å². The van der Waals surface area contributed by atoms with E-state index in [-0.39, 0.29) is 11.9 Å². The lowest BCUT2D eigenvalue weighted by Gasteiger charge is -2.30. The van der Waals surface area contributed by atoms with Gasteiger partial charge in [0.1, 0.15) is 0 Å². The van der Waals surface area contributed by atoms with Crippen LogP contribution in [0.25, 0.3) is 11.0 Å². The molecule has 7 heteroatoms. The fourth-order valence-corrected chi connectivity index (χ4v) is 4.04. The number of ether oxygens (including phenoxy) is 1. The van der Waals surface area contributed by atoms with Crippen molar-refractivity contribution in [3.05, 3.63) is 47.8 Å². The molecular weight excluding hydrogens is 378 g/mol. The quantitative estimate of drug-likeness (QED) is 0.695. The summed E-state index contributed by atoms with van der Waals surface area (Å²) in [5.74, 6) is 0.338. The Bertz CT molecular complexity index is 1080. The Morgan fingerprint density at radius 1 is 1.20 bits per heavy atom. The van der Waals surface area contributed by atoms with Crippen LogP contribution in [0.15, 0.2) is 36.5 Å². The van der Waals surface area contributed by atoms with Crippen LogP contribution in [0.5, 0.6) is 0 Å². The van der Waals surface area contributed by atoms with Gasteiger partial charge in [0.25, 0.3) is 5.91 Å². The number of rotatable bonds is 5. The number of morpholine rings is 1. The fraction of sp³-hybridized carbons (Fsp3) is 0.435. The monoisotopic (exact) mass is 405 g/mol. The lowest BCUT2D eigenvalue weighted by Crippen LogP contribution is -2.36. The van der Waals surface area contributed by atoms with Gasteiger partial charge in [-0.05, 0) is 44.9 Å². The molecule has 2 aromatic heterocycles. The summed E-state index contributed by atoms with van der Waals surface area (Å²) in [6.45, 7) is 7.20. The van der Waals surface area contributed by atoms with Gasteiger partial charge in [-0.2, -0.15) is 5.10 Å². The highest BCUT2D eigenvalue weighted by Crippen LogP contribution is 2.40. The van der Waals surface area contributed by atoms with Crippen molar-refractivity contribution in [1.29, 1.82) is 0 Å². The van der Waals surface area contributed by atoms with E-state index in [4.69, 9.17) is 9.72 Å². The summed E-state index contributed by atoms with van der Waals surface area (Å²) in [5, 5.41) is 8.46. The molecule has 7 nitrogen and oxygen atoms in total. The lowest BCUT2D eigenvalue weighted by molar-refractivity contribution is 0.102. The molecule has 1 aliphatic heterocycles. The summed E-state index contributed by atoms with van der Waals surface area (Å²) in [5.41, 5.74) is 4.28. The highest BCUT2D eigenvalue weighted by molar-refractivity contribution is 6.13. The fourth-order valence-electron chi connectivity index (χ4n) is 4.04. The van der Waals surface area contributed by atoms with Gasteiger partial charge in [0.2, 0.25) is 0 Å². The topological polar surface area (TPSA) is 72.3 Å². The number of carbonyl (C=O) groups excluding carboxylic acids is 1. The molecule has 3 aromatic rings. The van der Waals surface area contributed by atoms with Gasteiger partial charge in [-0.25, -0.2) is 9.67 Å². The Morgan fingerprint density at radius 2 is 1.97 bits per heavy atom. The number of para-hydroxylation sites is 2. The van der Waals surface area contributed by atoms with E-state index >= 15 is 0 Å². The molecule has 1 aliphatic carbocycles. The number of nitrogens with one attached hydrogen (secondary N) is 1. The molecule has 1 N–H and O–H groups in total. The maximum Gasteiger partial charge on any atom is 0.256 e. The first-order valence-corrected chi connectivity index (χ1v) is 10.7. The predicted octanol–water partition coefficient (Wildman–Crippen LogP) is 3.98. The first-order chi connectivity index (χ1) is 14.6. The Morgan fingerprint density at radius 3 is 2.70 bits per heavy atom. The molecule has 156 valence electrons. The molecule has 0 spiro atoms. The van der Waals surface area contributed by atoms with Crippen LogP contribution in [0.2, 0.25) is 0 Å². The van der Waals surface area contributed by atoms with Crippen molar-refractivity contribution in [3.8, 4) is 0 Å². The van der Waals surface area contributed by atoms with E-state index in [0.717, 1.165) is 54.0 Å². The molecule has 1 saturated heterocycles. The number of hydrogen-bond acceptors (Lipinski definition) is 5. The average Bonchev–Trinajstić information content (AvgIpc) is 3.52. The van der Waals surface area contributed by atoms with Crippen molar-refractivity contribution < 1.29 is 9.53 Å². The third-order valence-corrected chi connectivity index (χ3v) is 5.82. The molecule has 5 rings (SSSR count). The van der Waals surface area contributed by atoms with E-state index < -0.39 is 0 Å². The standard InChI is InChI=1S/C23H27N5O2/c1-15(2)28-22-18(14-24-28)17(13-20(25-22)16-7-8-16)23(29)26-19-5-3-4-6-21(19)27-9-11-30-12-10-27/h3-6,13-16H,7-12H2,1-2H3,(H,26,29). The Balaban J connectivity index is 1.51. The van der Waals surface area contributed by atoms with Crippen molar-refractivity contribution in [3.63, 3.8) is 0 Å². The number of nitrogens with zero attached hydrogens (tertiary/aromatic N) is 4. The van der Waals surface area contributed by atoms with Crippen LogP contribution in [-0.2, 0) is 4.74 Å². The number of carbonyl (C=O) groups is 1. The van der Waals surface area contributed by atoms with Crippen molar-refractivity contribution in [2.75, 3.05) is 36.5 Å². The number of amides is 1. The molecule has 1 saturated carbocycles. The molecule has 0 radical (unpaired) electrons. The van der Waals surface area contributed by atoms with Gasteiger partial charge in [-0.15, -0.1) is 0 Å². The lowest BCUT2D eigenvalue weighted by atomic mass is 10.1. The summed E-state index contributed by atoms with van der Waals surface area (Å²) in [6, 6.07) is 10.1. The number of benzene rings is 1. The van der Waals surface area contributed by atoms with Crippen LogP contribution in [-0.4, -0.2) is 47.0 Å². The summed E-state index contributed by atoms with van der Waals surface area (Å²) in [4.78, 5) is 20.5. The SMILES string of the molecule is CC(C)n1ncc2c(C(=O)Nc3ccccc3N3CCOCC3)cc(C3CC3)nc21. The minimum atomic E-state index is -0.117. The number of fused-ring (bicyclic) bond motifs is 1. The molecule has 3 heterocycles. The molecule has 0 atom stereocenters. The van der Waals surface area contributed by atoms with Gasteiger partial charge in [-0.1, -0.05) is 12.1 Å². The molecule has 2 fully saturated rings. The summed E-state index contributed by atoms with van der Waals surface area (Å²) in [6.07, 6.45) is 4.03. The van der Waals surface area contributed by atoms with Crippen LogP contribution >= 0.6 is 0 Å². The number of anilines is 2. The minimum Gasteiger partial charge on any atom is -0.378 e. The van der Waals surface area contributed by atoms with Gasteiger partial charge in [-0.3, -0.25) is 4.79 Å². The highest BCUT2D eigenvalue weighted by atomic mass is 16.5. The van der Waals surface area contributed by atoms with Gasteiger partial charge >= 0.3 is 0 Å². The summed E-state index contributed by atoms with van der Waals surface area (Å²) >= 11 is 0. The predicted molar refractivity (Wildman–Crippen MR) is 117 cm³/mol. The number of pyridine rings is 1. The Labute approximate surface area is 176 Å². The van der Waals surface area contributed by atoms with Crippen LogP contribution in [0.4, 0.5) is 11.4 Å². The smallest absolute Gasteiger partial charge is 0.256 e. The number of hydrogen-bond donors (Lipinski definition) is 1. The zero-order valence-corrected chi connectivity index (χ0v) is 17.5. The summed E-state index contributed by atoms with van der Waals surface area (Å²) < 4.78 is 7.38. The molecule has 1 amide bonds. The number of aromatic nitrogens is 3.